The van der Waals surface area contributed by atoms with Crippen molar-refractivity contribution < 1.29 is 14.8 Å². The van der Waals surface area contributed by atoms with Gasteiger partial charge in [0.1, 0.15) is 0 Å². The van der Waals surface area contributed by atoms with E-state index < -0.39 is 10.5 Å². The monoisotopic (exact) mass is 362 g/mol. The Morgan fingerprint density at radius 3 is 2.67 bits per heavy atom. The summed E-state index contributed by atoms with van der Waals surface area (Å²) in [7, 11) is 0. The van der Waals surface area contributed by atoms with E-state index in [9.17, 15) is 20.0 Å². The van der Waals surface area contributed by atoms with Crippen molar-refractivity contribution in [3.05, 3.63) is 37.4 Å². The molecule has 1 aromatic carbocycles. The van der Waals surface area contributed by atoms with Crippen molar-refractivity contribution in [3.63, 3.8) is 0 Å². The van der Waals surface area contributed by atoms with Crippen LogP contribution < -0.4 is 0 Å². The van der Waals surface area contributed by atoms with Gasteiger partial charge in [0.05, 0.1) is 29.2 Å². The van der Waals surface area contributed by atoms with E-state index >= 15 is 0 Å². The average molecular weight is 362 g/mol. The van der Waals surface area contributed by atoms with Gasteiger partial charge in [-0.1, -0.05) is 0 Å². The van der Waals surface area contributed by atoms with Crippen LogP contribution in [0.4, 0.5) is 5.69 Å². The Labute approximate surface area is 117 Å². The van der Waals surface area contributed by atoms with Gasteiger partial charge in [0.15, 0.2) is 0 Å². The normalized spacial score (nSPS) is 17.2. The first-order valence-corrected chi connectivity index (χ1v) is 6.34. The van der Waals surface area contributed by atoms with Gasteiger partial charge in [-0.05, 0) is 35.6 Å². The Morgan fingerprint density at radius 2 is 2.17 bits per heavy atom. The lowest BCUT2D eigenvalue weighted by Gasteiger charge is -2.44. The van der Waals surface area contributed by atoms with E-state index in [0.717, 1.165) is 0 Å². The van der Waals surface area contributed by atoms with E-state index in [1.54, 1.807) is 13.0 Å². The van der Waals surface area contributed by atoms with Crippen molar-refractivity contribution in [3.8, 4) is 0 Å². The number of nitro benzene ring substituents is 1. The number of β-amino-alcohol motifs (C(OH)–C–C–N with tert-alkyl or cyclic N) is 1. The SMILES string of the molecule is CC1(O)CN(C(=O)c2cc([N+](=O)[O-])ccc2I)C1. The summed E-state index contributed by atoms with van der Waals surface area (Å²) in [5.41, 5.74) is -0.645. The Balaban J connectivity index is 2.25. The highest BCUT2D eigenvalue weighted by Crippen LogP contribution is 2.26. The van der Waals surface area contributed by atoms with Gasteiger partial charge in [0.2, 0.25) is 0 Å². The van der Waals surface area contributed by atoms with Crippen molar-refractivity contribution in [2.75, 3.05) is 13.1 Å². The Hall–Kier alpha value is -1.22. The number of nitrogens with zero attached hydrogens (tertiary/aromatic N) is 2. The lowest BCUT2D eigenvalue weighted by Crippen LogP contribution is -2.61. The molecule has 1 aromatic rings. The quantitative estimate of drug-likeness (QED) is 0.490. The molecule has 7 heteroatoms. The molecule has 96 valence electrons. The summed E-state index contributed by atoms with van der Waals surface area (Å²) in [5, 5.41) is 20.3. The van der Waals surface area contributed by atoms with Crippen molar-refractivity contribution in [1.29, 1.82) is 0 Å². The van der Waals surface area contributed by atoms with E-state index in [4.69, 9.17) is 0 Å². The third-order valence-corrected chi connectivity index (χ3v) is 3.68. The van der Waals surface area contributed by atoms with Crippen molar-refractivity contribution in [2.45, 2.75) is 12.5 Å². The van der Waals surface area contributed by atoms with Crippen LogP contribution in [0.15, 0.2) is 18.2 Å². The zero-order chi connectivity index (χ0) is 13.5. The zero-order valence-corrected chi connectivity index (χ0v) is 11.7. The summed E-state index contributed by atoms with van der Waals surface area (Å²) in [4.78, 5) is 23.7. The number of amides is 1. The predicted octanol–water partition coefficient (Wildman–Crippen LogP) is 1.41. The first-order valence-electron chi connectivity index (χ1n) is 5.26. The third-order valence-electron chi connectivity index (χ3n) is 2.74. The summed E-state index contributed by atoms with van der Waals surface area (Å²) in [6.07, 6.45) is 0. The minimum absolute atomic E-state index is 0.106. The number of carbonyl (C=O) groups excluding carboxylic acids is 1. The molecule has 0 spiro atoms. The zero-order valence-electron chi connectivity index (χ0n) is 9.59. The molecule has 0 radical (unpaired) electrons. The maximum Gasteiger partial charge on any atom is 0.270 e. The maximum atomic E-state index is 12.1. The molecule has 0 atom stereocenters. The molecular weight excluding hydrogens is 351 g/mol. The smallest absolute Gasteiger partial charge is 0.270 e. The summed E-state index contributed by atoms with van der Waals surface area (Å²) < 4.78 is 0.662. The first-order chi connectivity index (χ1) is 8.30. The second-order valence-electron chi connectivity index (χ2n) is 4.58. The van der Waals surface area contributed by atoms with E-state index in [-0.39, 0.29) is 24.7 Å². The predicted molar refractivity (Wildman–Crippen MR) is 72.3 cm³/mol. The molecule has 6 nitrogen and oxygen atoms in total. The van der Waals surface area contributed by atoms with E-state index in [2.05, 4.69) is 0 Å². The van der Waals surface area contributed by atoms with Gasteiger partial charge in [0.25, 0.3) is 11.6 Å². The number of benzene rings is 1. The number of rotatable bonds is 2. The van der Waals surface area contributed by atoms with Gasteiger partial charge >= 0.3 is 0 Å². The fourth-order valence-electron chi connectivity index (χ4n) is 1.88. The van der Waals surface area contributed by atoms with Crippen LogP contribution in [0.2, 0.25) is 0 Å². The van der Waals surface area contributed by atoms with Gasteiger partial charge in [-0.3, -0.25) is 14.9 Å². The minimum atomic E-state index is -0.845. The Bertz CT molecular complexity index is 522. The lowest BCUT2D eigenvalue weighted by atomic mass is 9.96. The number of carbonyl (C=O) groups is 1. The molecule has 2 rings (SSSR count). The molecule has 0 aromatic heterocycles. The summed E-state index contributed by atoms with van der Waals surface area (Å²) in [6.45, 7) is 2.16. The second kappa shape index (κ2) is 4.47. The van der Waals surface area contributed by atoms with Crippen molar-refractivity contribution in [1.82, 2.24) is 4.90 Å². The van der Waals surface area contributed by atoms with Crippen LogP contribution in [0, 0.1) is 13.7 Å². The standard InChI is InChI=1S/C11H11IN2O4/c1-11(16)5-13(6-11)10(15)8-4-7(14(17)18)2-3-9(8)12/h2-4,16H,5-6H2,1H3. The van der Waals surface area contributed by atoms with Crippen LogP contribution in [0.1, 0.15) is 17.3 Å². The molecule has 1 aliphatic heterocycles. The van der Waals surface area contributed by atoms with Crippen LogP contribution >= 0.6 is 22.6 Å². The molecule has 1 heterocycles. The molecule has 1 aliphatic rings. The third kappa shape index (κ3) is 2.46. The average Bonchev–Trinajstić information content (AvgIpc) is 2.25. The number of hydrogen-bond acceptors (Lipinski definition) is 4. The van der Waals surface area contributed by atoms with Crippen LogP contribution in [0.5, 0.6) is 0 Å². The van der Waals surface area contributed by atoms with E-state index in [1.807, 2.05) is 22.6 Å². The molecule has 0 saturated carbocycles. The Kier molecular flexibility index (Phi) is 3.28. The van der Waals surface area contributed by atoms with Crippen LogP contribution in [-0.4, -0.2) is 39.5 Å². The highest BCUT2D eigenvalue weighted by Gasteiger charge is 2.40. The van der Waals surface area contributed by atoms with Crippen molar-refractivity contribution >= 4 is 34.2 Å². The molecule has 1 saturated heterocycles. The molecule has 1 fully saturated rings. The van der Waals surface area contributed by atoms with Crippen LogP contribution in [0.25, 0.3) is 0 Å². The van der Waals surface area contributed by atoms with Gasteiger partial charge in [0, 0.05) is 15.7 Å². The van der Waals surface area contributed by atoms with Crippen LogP contribution in [-0.2, 0) is 0 Å². The summed E-state index contributed by atoms with van der Waals surface area (Å²) in [5.74, 6) is -0.283. The Morgan fingerprint density at radius 1 is 1.56 bits per heavy atom. The molecule has 18 heavy (non-hydrogen) atoms. The van der Waals surface area contributed by atoms with Gasteiger partial charge in [-0.25, -0.2) is 0 Å². The molecule has 1 amide bonds. The maximum absolute atomic E-state index is 12.1. The van der Waals surface area contributed by atoms with E-state index in [0.29, 0.717) is 9.13 Å². The molecule has 0 unspecified atom stereocenters. The molecular formula is C11H11IN2O4. The number of nitro groups is 1. The largest absolute Gasteiger partial charge is 0.386 e. The minimum Gasteiger partial charge on any atom is -0.386 e. The second-order valence-corrected chi connectivity index (χ2v) is 5.74. The topological polar surface area (TPSA) is 83.7 Å². The number of hydrogen-bond donors (Lipinski definition) is 1. The molecule has 0 aliphatic carbocycles. The number of aliphatic hydroxyl groups is 1. The molecule has 1 N–H and O–H groups in total. The summed E-state index contributed by atoms with van der Waals surface area (Å²) in [6, 6.07) is 4.19. The lowest BCUT2D eigenvalue weighted by molar-refractivity contribution is -0.384. The van der Waals surface area contributed by atoms with Gasteiger partial charge in [-0.2, -0.15) is 0 Å². The highest BCUT2D eigenvalue weighted by molar-refractivity contribution is 14.1. The number of likely N-dealkylation sites (tertiary alicyclic amines) is 1. The number of non-ortho nitro benzene ring substituents is 1. The van der Waals surface area contributed by atoms with E-state index in [1.165, 1.54) is 17.0 Å². The van der Waals surface area contributed by atoms with Gasteiger partial charge < -0.3 is 10.0 Å². The van der Waals surface area contributed by atoms with Crippen LogP contribution in [0.3, 0.4) is 0 Å². The molecule has 0 bridgehead atoms. The summed E-state index contributed by atoms with van der Waals surface area (Å²) >= 11 is 1.97. The highest BCUT2D eigenvalue weighted by atomic mass is 127. The first kappa shape index (κ1) is 13.2. The fourth-order valence-corrected chi connectivity index (χ4v) is 2.45. The van der Waals surface area contributed by atoms with Crippen molar-refractivity contribution in [2.24, 2.45) is 0 Å². The van der Waals surface area contributed by atoms with Gasteiger partial charge in [-0.15, -0.1) is 0 Å². The fraction of sp³-hybridized carbons (Fsp3) is 0.364. The number of halogens is 1.